The molecule has 1 aliphatic rings. The van der Waals surface area contributed by atoms with Crippen LogP contribution >= 0.6 is 0 Å². The lowest BCUT2D eigenvalue weighted by Gasteiger charge is -2.36. The summed E-state index contributed by atoms with van der Waals surface area (Å²) in [6.45, 7) is 7.62. The van der Waals surface area contributed by atoms with Crippen molar-refractivity contribution in [1.82, 2.24) is 34.0 Å². The van der Waals surface area contributed by atoms with E-state index < -0.39 is 0 Å². The number of amides is 1. The molecule has 1 amide bonds. The molecule has 0 aromatic carbocycles. The van der Waals surface area contributed by atoms with Crippen molar-refractivity contribution < 1.29 is 4.79 Å². The highest BCUT2D eigenvalue weighted by Crippen LogP contribution is 2.21. The molecule has 8 heteroatoms. The SMILES string of the molecule is Cc1cc(C)n2nc(CC(=O)N3CCCC[C@@H]3CCn3ccnc3C)nc2n1. The molecule has 0 unspecified atom stereocenters. The summed E-state index contributed by atoms with van der Waals surface area (Å²) in [5.41, 5.74) is 1.88. The number of imidazole rings is 1. The van der Waals surface area contributed by atoms with Crippen LogP contribution < -0.4 is 0 Å². The molecule has 8 nitrogen and oxygen atoms in total. The van der Waals surface area contributed by atoms with Crippen LogP contribution in [0.4, 0.5) is 0 Å². The minimum atomic E-state index is 0.109. The van der Waals surface area contributed by atoms with Crippen molar-refractivity contribution in [3.8, 4) is 0 Å². The van der Waals surface area contributed by atoms with Gasteiger partial charge in [-0.25, -0.2) is 14.5 Å². The summed E-state index contributed by atoms with van der Waals surface area (Å²) in [7, 11) is 0. The first kappa shape index (κ1) is 18.6. The predicted octanol–water partition coefficient (Wildman–Crippen LogP) is 2.26. The molecule has 0 aliphatic carbocycles. The van der Waals surface area contributed by atoms with Crippen molar-refractivity contribution in [2.24, 2.45) is 0 Å². The molecule has 1 fully saturated rings. The normalized spacial score (nSPS) is 17.4. The van der Waals surface area contributed by atoms with Crippen LogP contribution in [0.1, 0.15) is 48.7 Å². The third-order valence-corrected chi connectivity index (χ3v) is 5.55. The van der Waals surface area contributed by atoms with E-state index in [0.717, 1.165) is 49.6 Å². The van der Waals surface area contributed by atoms with Gasteiger partial charge in [-0.05, 0) is 52.5 Å². The lowest BCUT2D eigenvalue weighted by molar-refractivity contribution is -0.134. The Morgan fingerprint density at radius 3 is 2.86 bits per heavy atom. The number of rotatable bonds is 5. The van der Waals surface area contributed by atoms with Crippen LogP contribution in [0.2, 0.25) is 0 Å². The van der Waals surface area contributed by atoms with Crippen LogP contribution in [0.3, 0.4) is 0 Å². The van der Waals surface area contributed by atoms with Gasteiger partial charge in [-0.1, -0.05) is 0 Å². The van der Waals surface area contributed by atoms with Crippen LogP contribution in [0.15, 0.2) is 18.5 Å². The van der Waals surface area contributed by atoms with Crippen molar-refractivity contribution in [2.75, 3.05) is 6.54 Å². The van der Waals surface area contributed by atoms with Gasteiger partial charge in [-0.2, -0.15) is 4.98 Å². The molecular formula is C20H27N7O. The summed E-state index contributed by atoms with van der Waals surface area (Å²) in [5, 5.41) is 4.49. The summed E-state index contributed by atoms with van der Waals surface area (Å²) >= 11 is 0. The number of carbonyl (C=O) groups excluding carboxylic acids is 1. The van der Waals surface area contributed by atoms with Gasteiger partial charge in [0.05, 0.1) is 6.42 Å². The lowest BCUT2D eigenvalue weighted by atomic mass is 9.98. The molecule has 1 saturated heterocycles. The number of piperidine rings is 1. The predicted molar refractivity (Wildman–Crippen MR) is 105 cm³/mol. The number of carbonyl (C=O) groups is 1. The van der Waals surface area contributed by atoms with E-state index >= 15 is 0 Å². The molecule has 0 N–H and O–H groups in total. The fourth-order valence-electron chi connectivity index (χ4n) is 4.08. The zero-order chi connectivity index (χ0) is 19.7. The Morgan fingerprint density at radius 2 is 2.07 bits per heavy atom. The van der Waals surface area contributed by atoms with E-state index in [1.165, 1.54) is 6.42 Å². The second-order valence-electron chi connectivity index (χ2n) is 7.65. The number of nitrogens with zero attached hydrogens (tertiary/aromatic N) is 7. The first-order valence-electron chi connectivity index (χ1n) is 9.98. The standard InChI is InChI=1S/C20H27N7O/c1-14-12-15(2)27-20(22-14)23-18(24-27)13-19(28)26-9-5-4-6-17(26)7-10-25-11-8-21-16(25)3/h8,11-12,17H,4-7,9-10,13H2,1-3H3/t17-/m1/s1. The summed E-state index contributed by atoms with van der Waals surface area (Å²) in [6.07, 6.45) is 8.28. The molecule has 0 spiro atoms. The minimum absolute atomic E-state index is 0.109. The van der Waals surface area contributed by atoms with Gasteiger partial charge in [0.1, 0.15) is 5.82 Å². The molecule has 3 aromatic rings. The highest BCUT2D eigenvalue weighted by atomic mass is 16.2. The summed E-state index contributed by atoms with van der Waals surface area (Å²) < 4.78 is 3.86. The van der Waals surface area contributed by atoms with E-state index in [2.05, 4.69) is 24.6 Å². The fraction of sp³-hybridized carbons (Fsp3) is 0.550. The van der Waals surface area contributed by atoms with Gasteiger partial charge >= 0.3 is 0 Å². The molecule has 148 valence electrons. The largest absolute Gasteiger partial charge is 0.339 e. The number of likely N-dealkylation sites (tertiary alicyclic amines) is 1. The van der Waals surface area contributed by atoms with Crippen molar-refractivity contribution in [3.63, 3.8) is 0 Å². The smallest absolute Gasteiger partial charge is 0.252 e. The topological polar surface area (TPSA) is 81.2 Å². The Labute approximate surface area is 164 Å². The third-order valence-electron chi connectivity index (χ3n) is 5.55. The molecule has 28 heavy (non-hydrogen) atoms. The molecule has 1 aliphatic heterocycles. The van der Waals surface area contributed by atoms with E-state index in [9.17, 15) is 4.79 Å². The Morgan fingerprint density at radius 1 is 1.21 bits per heavy atom. The second kappa shape index (κ2) is 7.69. The Kier molecular flexibility index (Phi) is 5.11. The van der Waals surface area contributed by atoms with E-state index in [-0.39, 0.29) is 18.4 Å². The van der Waals surface area contributed by atoms with Gasteiger partial charge in [0, 0.05) is 42.9 Å². The maximum absolute atomic E-state index is 13.0. The second-order valence-corrected chi connectivity index (χ2v) is 7.65. The molecule has 0 saturated carbocycles. The fourth-order valence-corrected chi connectivity index (χ4v) is 4.08. The summed E-state index contributed by atoms with van der Waals surface area (Å²) in [4.78, 5) is 28.2. The molecule has 4 rings (SSSR count). The van der Waals surface area contributed by atoms with Crippen LogP contribution in [0.5, 0.6) is 0 Å². The number of aryl methyl sites for hydroxylation is 4. The monoisotopic (exact) mass is 381 g/mol. The Bertz CT molecular complexity index is 990. The first-order valence-corrected chi connectivity index (χ1v) is 9.98. The van der Waals surface area contributed by atoms with E-state index in [1.807, 2.05) is 44.1 Å². The molecule has 1 atom stereocenters. The molecule has 0 bridgehead atoms. The number of hydrogen-bond acceptors (Lipinski definition) is 5. The Hall–Kier alpha value is -2.77. The van der Waals surface area contributed by atoms with E-state index in [1.54, 1.807) is 4.52 Å². The van der Waals surface area contributed by atoms with Crippen LogP contribution in [-0.2, 0) is 17.8 Å². The van der Waals surface area contributed by atoms with E-state index in [0.29, 0.717) is 11.6 Å². The van der Waals surface area contributed by atoms with Crippen molar-refractivity contribution >= 4 is 11.7 Å². The Balaban J connectivity index is 1.46. The number of aromatic nitrogens is 6. The van der Waals surface area contributed by atoms with Gasteiger partial charge in [0.25, 0.3) is 5.78 Å². The summed E-state index contributed by atoms with van der Waals surface area (Å²) in [5.74, 6) is 2.23. The maximum atomic E-state index is 13.0. The zero-order valence-electron chi connectivity index (χ0n) is 16.8. The molecule has 3 aromatic heterocycles. The lowest BCUT2D eigenvalue weighted by Crippen LogP contribution is -2.45. The highest BCUT2D eigenvalue weighted by Gasteiger charge is 2.27. The molecular weight excluding hydrogens is 354 g/mol. The number of hydrogen-bond donors (Lipinski definition) is 0. The van der Waals surface area contributed by atoms with Crippen molar-refractivity contribution in [3.05, 3.63) is 41.5 Å². The number of fused-ring (bicyclic) bond motifs is 1. The quantitative estimate of drug-likeness (QED) is 0.677. The summed E-state index contributed by atoms with van der Waals surface area (Å²) in [6, 6.07) is 2.23. The average Bonchev–Trinajstić information content (AvgIpc) is 3.26. The molecule has 4 heterocycles. The highest BCUT2D eigenvalue weighted by molar-refractivity contribution is 5.78. The van der Waals surface area contributed by atoms with Gasteiger partial charge in [0.2, 0.25) is 5.91 Å². The molecule has 0 radical (unpaired) electrons. The van der Waals surface area contributed by atoms with Crippen molar-refractivity contribution in [2.45, 2.75) is 65.5 Å². The van der Waals surface area contributed by atoms with Crippen LogP contribution in [0, 0.1) is 20.8 Å². The van der Waals surface area contributed by atoms with Gasteiger partial charge in [-0.3, -0.25) is 4.79 Å². The van der Waals surface area contributed by atoms with Gasteiger partial charge < -0.3 is 9.47 Å². The third kappa shape index (κ3) is 3.76. The van der Waals surface area contributed by atoms with Gasteiger partial charge in [-0.15, -0.1) is 5.10 Å². The van der Waals surface area contributed by atoms with Crippen LogP contribution in [-0.4, -0.2) is 52.5 Å². The van der Waals surface area contributed by atoms with E-state index in [4.69, 9.17) is 0 Å². The van der Waals surface area contributed by atoms with Crippen LogP contribution in [0.25, 0.3) is 5.78 Å². The first-order chi connectivity index (χ1) is 13.5. The van der Waals surface area contributed by atoms with Gasteiger partial charge in [0.15, 0.2) is 5.82 Å². The maximum Gasteiger partial charge on any atom is 0.252 e. The minimum Gasteiger partial charge on any atom is -0.339 e. The zero-order valence-corrected chi connectivity index (χ0v) is 16.8. The van der Waals surface area contributed by atoms with Crippen molar-refractivity contribution in [1.29, 1.82) is 0 Å². The average molecular weight is 381 g/mol.